The second kappa shape index (κ2) is 5.02. The zero-order valence-electron chi connectivity index (χ0n) is 10.2. The lowest BCUT2D eigenvalue weighted by Gasteiger charge is -2.10. The van der Waals surface area contributed by atoms with Gasteiger partial charge in [0.25, 0.3) is 0 Å². The van der Waals surface area contributed by atoms with E-state index in [0.717, 1.165) is 22.2 Å². The Labute approximate surface area is 113 Å². The lowest BCUT2D eigenvalue weighted by atomic mass is 10.1. The van der Waals surface area contributed by atoms with E-state index in [1.54, 1.807) is 6.07 Å². The van der Waals surface area contributed by atoms with Crippen molar-refractivity contribution in [3.8, 4) is 11.4 Å². The van der Waals surface area contributed by atoms with E-state index >= 15 is 0 Å². The first kappa shape index (κ1) is 13.0. The fraction of sp³-hybridized carbons (Fsp3) is 0.231. The van der Waals surface area contributed by atoms with E-state index in [4.69, 9.17) is 5.73 Å². The van der Waals surface area contributed by atoms with Gasteiger partial charge in [-0.15, -0.1) is 0 Å². The Morgan fingerprint density at radius 1 is 1.33 bits per heavy atom. The Kier molecular flexibility index (Phi) is 3.61. The van der Waals surface area contributed by atoms with Gasteiger partial charge in [0, 0.05) is 21.3 Å². The summed E-state index contributed by atoms with van der Waals surface area (Å²) in [4.78, 5) is 8.64. The molecule has 0 atom stereocenters. The molecule has 0 bridgehead atoms. The van der Waals surface area contributed by atoms with Crippen LogP contribution in [0.3, 0.4) is 0 Å². The fourth-order valence-electron chi connectivity index (χ4n) is 1.84. The lowest BCUT2D eigenvalue weighted by Crippen LogP contribution is -2.04. The molecule has 2 rings (SSSR count). The van der Waals surface area contributed by atoms with Gasteiger partial charge in [0.2, 0.25) is 0 Å². The number of anilines is 1. The van der Waals surface area contributed by atoms with Crippen molar-refractivity contribution in [2.45, 2.75) is 20.3 Å². The molecule has 0 aliphatic rings. The third-order valence-corrected chi connectivity index (χ3v) is 3.46. The van der Waals surface area contributed by atoms with Crippen molar-refractivity contribution in [3.05, 3.63) is 39.7 Å². The van der Waals surface area contributed by atoms with Crippen molar-refractivity contribution in [1.82, 2.24) is 9.97 Å². The number of nitrogen functional groups attached to an aromatic ring is 1. The summed E-state index contributed by atoms with van der Waals surface area (Å²) >= 11 is 3.36. The zero-order valence-corrected chi connectivity index (χ0v) is 11.8. The monoisotopic (exact) mass is 309 g/mol. The molecule has 1 aromatic carbocycles. The highest BCUT2D eigenvalue weighted by Gasteiger charge is 2.12. The highest BCUT2D eigenvalue weighted by atomic mass is 79.9. The van der Waals surface area contributed by atoms with Crippen LogP contribution in [0.1, 0.15) is 18.2 Å². The van der Waals surface area contributed by atoms with Crippen molar-refractivity contribution in [2.24, 2.45) is 0 Å². The third-order valence-electron chi connectivity index (χ3n) is 2.77. The Balaban J connectivity index is 2.61. The molecule has 2 N–H and O–H groups in total. The predicted molar refractivity (Wildman–Crippen MR) is 73.7 cm³/mol. The van der Waals surface area contributed by atoms with Gasteiger partial charge < -0.3 is 5.73 Å². The average Bonchev–Trinajstić information content (AvgIpc) is 2.32. The minimum atomic E-state index is -0.326. The van der Waals surface area contributed by atoms with E-state index in [2.05, 4.69) is 25.9 Å². The van der Waals surface area contributed by atoms with Crippen molar-refractivity contribution >= 4 is 21.7 Å². The van der Waals surface area contributed by atoms with Crippen LogP contribution < -0.4 is 5.73 Å². The van der Waals surface area contributed by atoms with Crippen molar-refractivity contribution < 1.29 is 4.39 Å². The highest BCUT2D eigenvalue weighted by molar-refractivity contribution is 9.10. The quantitative estimate of drug-likeness (QED) is 0.923. The van der Waals surface area contributed by atoms with Gasteiger partial charge in [0.15, 0.2) is 5.82 Å². The molecular weight excluding hydrogens is 297 g/mol. The summed E-state index contributed by atoms with van der Waals surface area (Å²) < 4.78 is 14.0. The Hall–Kier alpha value is -1.49. The SMILES string of the molecule is CCc1c(C)nc(-c2cc(F)ccc2Br)nc1N. The van der Waals surface area contributed by atoms with Gasteiger partial charge in [-0.3, -0.25) is 0 Å². The summed E-state index contributed by atoms with van der Waals surface area (Å²) in [6.07, 6.45) is 0.780. The molecule has 3 nitrogen and oxygen atoms in total. The molecule has 0 aliphatic carbocycles. The van der Waals surface area contributed by atoms with Gasteiger partial charge in [-0.1, -0.05) is 22.9 Å². The summed E-state index contributed by atoms with van der Waals surface area (Å²) in [6, 6.07) is 4.40. The molecule has 0 aliphatic heterocycles. The molecule has 5 heteroatoms. The summed E-state index contributed by atoms with van der Waals surface area (Å²) in [6.45, 7) is 3.88. The smallest absolute Gasteiger partial charge is 0.163 e. The first-order chi connectivity index (χ1) is 8.52. The maximum absolute atomic E-state index is 13.3. The summed E-state index contributed by atoms with van der Waals surface area (Å²) in [7, 11) is 0. The van der Waals surface area contributed by atoms with Crippen LogP contribution in [0.25, 0.3) is 11.4 Å². The van der Waals surface area contributed by atoms with Crippen LogP contribution in [0.5, 0.6) is 0 Å². The predicted octanol–water partition coefficient (Wildman–Crippen LogP) is 3.50. The van der Waals surface area contributed by atoms with Crippen LogP contribution in [0, 0.1) is 12.7 Å². The first-order valence-electron chi connectivity index (χ1n) is 5.61. The van der Waals surface area contributed by atoms with Crippen LogP contribution in [-0.2, 0) is 6.42 Å². The largest absolute Gasteiger partial charge is 0.383 e. The average molecular weight is 310 g/mol. The van der Waals surface area contributed by atoms with Gasteiger partial charge in [0.05, 0.1) is 0 Å². The molecule has 0 fully saturated rings. The van der Waals surface area contributed by atoms with Crippen LogP contribution >= 0.6 is 15.9 Å². The highest BCUT2D eigenvalue weighted by Crippen LogP contribution is 2.28. The molecule has 1 aromatic heterocycles. The molecule has 0 saturated carbocycles. The minimum absolute atomic E-state index is 0.326. The third kappa shape index (κ3) is 2.36. The second-order valence-corrected chi connectivity index (χ2v) is 4.83. The van der Waals surface area contributed by atoms with E-state index in [-0.39, 0.29) is 5.82 Å². The number of halogens is 2. The van der Waals surface area contributed by atoms with Gasteiger partial charge >= 0.3 is 0 Å². The number of aryl methyl sites for hydroxylation is 1. The maximum atomic E-state index is 13.3. The molecule has 0 unspecified atom stereocenters. The lowest BCUT2D eigenvalue weighted by molar-refractivity contribution is 0.628. The Bertz CT molecular complexity index is 576. The molecule has 2 aromatic rings. The van der Waals surface area contributed by atoms with Crippen LogP contribution in [0.4, 0.5) is 10.2 Å². The standard InChI is InChI=1S/C13H13BrFN3/c1-3-9-7(2)17-13(18-12(9)16)10-6-8(15)4-5-11(10)14/h4-6H,3H2,1-2H3,(H2,16,17,18). The van der Waals surface area contributed by atoms with Gasteiger partial charge in [0.1, 0.15) is 11.6 Å². The molecule has 0 spiro atoms. The first-order valence-corrected chi connectivity index (χ1v) is 6.40. The zero-order chi connectivity index (χ0) is 13.3. The number of hydrogen-bond donors (Lipinski definition) is 1. The molecule has 0 saturated heterocycles. The Morgan fingerprint density at radius 2 is 2.06 bits per heavy atom. The number of hydrogen-bond acceptors (Lipinski definition) is 3. The van der Waals surface area contributed by atoms with Crippen molar-refractivity contribution in [1.29, 1.82) is 0 Å². The van der Waals surface area contributed by atoms with Crippen LogP contribution in [0.15, 0.2) is 22.7 Å². The number of rotatable bonds is 2. The molecule has 18 heavy (non-hydrogen) atoms. The number of nitrogens with zero attached hydrogens (tertiary/aromatic N) is 2. The molecule has 0 radical (unpaired) electrons. The van der Waals surface area contributed by atoms with Crippen LogP contribution in [-0.4, -0.2) is 9.97 Å². The number of aromatic nitrogens is 2. The Morgan fingerprint density at radius 3 is 2.67 bits per heavy atom. The summed E-state index contributed by atoms with van der Waals surface area (Å²) in [5.41, 5.74) is 8.27. The van der Waals surface area contributed by atoms with Gasteiger partial charge in [-0.2, -0.15) is 0 Å². The van der Waals surface area contributed by atoms with E-state index in [9.17, 15) is 4.39 Å². The molecule has 0 amide bonds. The van der Waals surface area contributed by atoms with E-state index in [0.29, 0.717) is 17.2 Å². The van der Waals surface area contributed by atoms with Crippen molar-refractivity contribution in [3.63, 3.8) is 0 Å². The topological polar surface area (TPSA) is 51.8 Å². The number of nitrogens with two attached hydrogens (primary N) is 1. The second-order valence-electron chi connectivity index (χ2n) is 3.97. The fourth-order valence-corrected chi connectivity index (χ4v) is 2.27. The molecule has 94 valence electrons. The van der Waals surface area contributed by atoms with Crippen molar-refractivity contribution in [2.75, 3.05) is 5.73 Å². The summed E-state index contributed by atoms with van der Waals surface area (Å²) in [5, 5.41) is 0. The van der Waals surface area contributed by atoms with Crippen LogP contribution in [0.2, 0.25) is 0 Å². The minimum Gasteiger partial charge on any atom is -0.383 e. The van der Waals surface area contributed by atoms with E-state index in [1.165, 1.54) is 12.1 Å². The van der Waals surface area contributed by atoms with E-state index in [1.807, 2.05) is 13.8 Å². The normalized spacial score (nSPS) is 10.7. The van der Waals surface area contributed by atoms with Gasteiger partial charge in [-0.05, 0) is 31.5 Å². The molecule has 1 heterocycles. The summed E-state index contributed by atoms with van der Waals surface area (Å²) in [5.74, 6) is 0.567. The maximum Gasteiger partial charge on any atom is 0.163 e. The van der Waals surface area contributed by atoms with Gasteiger partial charge in [-0.25, -0.2) is 14.4 Å². The van der Waals surface area contributed by atoms with E-state index < -0.39 is 0 Å². The molecular formula is C13H13BrFN3. The number of benzene rings is 1.